The average Bonchev–Trinajstić information content (AvgIpc) is 1.88. The molecule has 14 heavy (non-hydrogen) atoms. The smallest absolute Gasteiger partial charge is 0.907 e. The molecule has 0 aromatic carbocycles. The van der Waals surface area contributed by atoms with Gasteiger partial charge in [-0.2, -0.15) is 0 Å². The first-order chi connectivity index (χ1) is 5.15. The molecule has 68 valence electrons. The third kappa shape index (κ3) is 60.8. The van der Waals surface area contributed by atoms with Crippen molar-refractivity contribution in [1.29, 1.82) is 0 Å². The van der Waals surface area contributed by atoms with Gasteiger partial charge in [0.1, 0.15) is 0 Å². The first kappa shape index (κ1) is 30.1. The number of hydrogen-bond donors (Lipinski definition) is 2. The average molecular weight is 234 g/mol. The van der Waals surface area contributed by atoms with E-state index in [4.69, 9.17) is 25.3 Å². The van der Waals surface area contributed by atoms with E-state index in [0.29, 0.717) is 13.2 Å². The molecular formula is C4H10BNa3O6. The summed E-state index contributed by atoms with van der Waals surface area (Å²) in [5.74, 6) is 0. The molecule has 0 heterocycles. The number of hydrogen-bond acceptors (Lipinski definition) is 6. The summed E-state index contributed by atoms with van der Waals surface area (Å²) < 4.78 is 4.63. The fraction of sp³-hybridized carbons (Fsp3) is 1.00. The van der Waals surface area contributed by atoms with E-state index in [1.807, 2.05) is 0 Å². The zero-order chi connectivity index (χ0) is 9.11. The summed E-state index contributed by atoms with van der Waals surface area (Å²) >= 11 is 0. The van der Waals surface area contributed by atoms with Crippen LogP contribution in [0, 0.1) is 0 Å². The molecule has 0 amide bonds. The van der Waals surface area contributed by atoms with E-state index in [1.165, 1.54) is 0 Å². The quantitative estimate of drug-likeness (QED) is 0.368. The maximum atomic E-state index is 8.42. The van der Waals surface area contributed by atoms with Gasteiger partial charge >= 0.3 is 88.7 Å². The van der Waals surface area contributed by atoms with Crippen molar-refractivity contribution in [2.45, 2.75) is 0 Å². The van der Waals surface area contributed by atoms with E-state index < -0.39 is 7.32 Å². The molecule has 0 saturated carbocycles. The van der Waals surface area contributed by atoms with Crippen LogP contribution in [0.5, 0.6) is 0 Å². The Balaban J connectivity index is -0.0000000347. The van der Waals surface area contributed by atoms with Gasteiger partial charge in [0.05, 0.1) is 26.4 Å². The maximum absolute atomic E-state index is 8.42. The molecule has 0 aromatic rings. The standard InChI is InChI=1S/C4H10O3.BO3.3Na/c5-1-3-7-4-2-6;2-1(3)4;;;/h5-6H,1-4H2;;;;/q;-3;3*+1. The summed E-state index contributed by atoms with van der Waals surface area (Å²) in [4.78, 5) is 0. The van der Waals surface area contributed by atoms with Crippen LogP contribution in [0.15, 0.2) is 0 Å². The van der Waals surface area contributed by atoms with Crippen LogP contribution in [-0.4, -0.2) is 44.0 Å². The minimum atomic E-state index is -2.92. The van der Waals surface area contributed by atoms with Crippen LogP contribution < -0.4 is 104 Å². The van der Waals surface area contributed by atoms with Gasteiger partial charge in [-0.15, -0.1) is 0 Å². The van der Waals surface area contributed by atoms with Crippen LogP contribution in [-0.2, 0) is 4.74 Å². The van der Waals surface area contributed by atoms with E-state index in [-0.39, 0.29) is 102 Å². The van der Waals surface area contributed by atoms with Crippen molar-refractivity contribution in [3.05, 3.63) is 0 Å². The van der Waals surface area contributed by atoms with Crippen LogP contribution >= 0.6 is 0 Å². The molecule has 0 fully saturated rings. The monoisotopic (exact) mass is 234 g/mol. The van der Waals surface area contributed by atoms with Crippen molar-refractivity contribution in [2.75, 3.05) is 26.4 Å². The van der Waals surface area contributed by atoms with Gasteiger partial charge in [-0.1, -0.05) is 0 Å². The van der Waals surface area contributed by atoms with Crippen LogP contribution in [0.25, 0.3) is 0 Å². The van der Waals surface area contributed by atoms with E-state index >= 15 is 0 Å². The summed E-state index contributed by atoms with van der Waals surface area (Å²) in [5, 5.41) is 41.4. The molecule has 0 rings (SSSR count). The Hall–Kier alpha value is 2.82. The number of ether oxygens (including phenoxy) is 1. The predicted molar refractivity (Wildman–Crippen MR) is 30.7 cm³/mol. The normalized spacial score (nSPS) is 6.64. The Labute approximate surface area is 150 Å². The zero-order valence-electron chi connectivity index (χ0n) is 8.93. The van der Waals surface area contributed by atoms with Gasteiger partial charge in [0.2, 0.25) is 0 Å². The largest absolute Gasteiger partial charge is 1.00 e. The summed E-state index contributed by atoms with van der Waals surface area (Å²) in [6.45, 7) is 0.696. The Morgan fingerprint density at radius 2 is 1.07 bits per heavy atom. The second kappa shape index (κ2) is 29.7. The third-order valence-corrected chi connectivity index (χ3v) is 0.471. The summed E-state index contributed by atoms with van der Waals surface area (Å²) in [6.07, 6.45) is 0. The predicted octanol–water partition coefficient (Wildman–Crippen LogP) is -13.9. The maximum Gasteiger partial charge on any atom is 1.00 e. The fourth-order valence-corrected chi connectivity index (χ4v) is 0.231. The van der Waals surface area contributed by atoms with Gasteiger partial charge in [-0.25, -0.2) is 0 Å². The summed E-state index contributed by atoms with van der Waals surface area (Å²) in [5.41, 5.74) is 0. The van der Waals surface area contributed by atoms with Crippen molar-refractivity contribution in [2.24, 2.45) is 0 Å². The van der Waals surface area contributed by atoms with Gasteiger partial charge in [0.25, 0.3) is 0 Å². The van der Waals surface area contributed by atoms with Gasteiger partial charge in [0, 0.05) is 0 Å². The van der Waals surface area contributed by atoms with Gasteiger partial charge in [-0.3, -0.25) is 7.32 Å². The molecule has 10 heteroatoms. The Morgan fingerprint density at radius 3 is 1.21 bits per heavy atom. The Bertz CT molecular complexity index is 64.3. The second-order valence-corrected chi connectivity index (χ2v) is 1.35. The number of aliphatic hydroxyl groups is 2. The van der Waals surface area contributed by atoms with Crippen molar-refractivity contribution < 1.29 is 119 Å². The minimum Gasteiger partial charge on any atom is -0.907 e. The molecule has 0 atom stereocenters. The van der Waals surface area contributed by atoms with Gasteiger partial charge < -0.3 is 30.0 Å². The van der Waals surface area contributed by atoms with E-state index in [0.717, 1.165) is 0 Å². The molecule has 0 aliphatic heterocycles. The van der Waals surface area contributed by atoms with Crippen LogP contribution in [0.4, 0.5) is 0 Å². The molecule has 0 bridgehead atoms. The van der Waals surface area contributed by atoms with Gasteiger partial charge in [0.15, 0.2) is 0 Å². The second-order valence-electron chi connectivity index (χ2n) is 1.35. The topological polar surface area (TPSA) is 119 Å². The van der Waals surface area contributed by atoms with Crippen LogP contribution in [0.3, 0.4) is 0 Å². The van der Waals surface area contributed by atoms with Crippen molar-refractivity contribution in [3.63, 3.8) is 0 Å². The minimum absolute atomic E-state index is 0. The molecule has 0 spiro atoms. The summed E-state index contributed by atoms with van der Waals surface area (Å²) in [7, 11) is -2.92. The SMILES string of the molecule is OCCOCCO.[Na+].[Na+].[Na+].[O-]B([O-])[O-]. The Morgan fingerprint density at radius 1 is 0.857 bits per heavy atom. The van der Waals surface area contributed by atoms with E-state index in [1.54, 1.807) is 0 Å². The molecule has 2 N–H and O–H groups in total. The van der Waals surface area contributed by atoms with Crippen molar-refractivity contribution >= 4 is 7.32 Å². The van der Waals surface area contributed by atoms with Gasteiger partial charge in [-0.05, 0) is 0 Å². The molecule has 0 aromatic heterocycles. The first-order valence-electron chi connectivity index (χ1n) is 2.92. The molecular weight excluding hydrogens is 224 g/mol. The molecule has 6 nitrogen and oxygen atoms in total. The molecule has 0 unspecified atom stereocenters. The number of aliphatic hydroxyl groups excluding tert-OH is 2. The zero-order valence-corrected chi connectivity index (χ0v) is 14.9. The summed E-state index contributed by atoms with van der Waals surface area (Å²) in [6, 6.07) is 0. The fourth-order valence-electron chi connectivity index (χ4n) is 0.231. The van der Waals surface area contributed by atoms with E-state index in [2.05, 4.69) is 4.74 Å². The van der Waals surface area contributed by atoms with E-state index in [9.17, 15) is 0 Å². The molecule has 0 radical (unpaired) electrons. The molecule has 0 aliphatic rings. The van der Waals surface area contributed by atoms with Crippen molar-refractivity contribution in [1.82, 2.24) is 0 Å². The first-order valence-corrected chi connectivity index (χ1v) is 2.92. The molecule has 0 aliphatic carbocycles. The third-order valence-electron chi connectivity index (χ3n) is 0.471. The Kier molecular flexibility index (Phi) is 63.9. The van der Waals surface area contributed by atoms with Crippen LogP contribution in [0.2, 0.25) is 0 Å². The van der Waals surface area contributed by atoms with Crippen LogP contribution in [0.1, 0.15) is 0 Å². The van der Waals surface area contributed by atoms with Crippen molar-refractivity contribution in [3.8, 4) is 0 Å². The number of rotatable bonds is 4. The molecule has 0 saturated heterocycles.